The van der Waals surface area contributed by atoms with Gasteiger partial charge in [0, 0.05) is 35.0 Å². The van der Waals surface area contributed by atoms with Crippen molar-refractivity contribution in [3.63, 3.8) is 0 Å². The summed E-state index contributed by atoms with van der Waals surface area (Å²) in [6, 6.07) is 7.83. The van der Waals surface area contributed by atoms with Gasteiger partial charge >= 0.3 is 6.09 Å². The normalized spacial score (nSPS) is 19.4. The Balaban J connectivity index is 1.11. The summed E-state index contributed by atoms with van der Waals surface area (Å²) in [5.74, 6) is 1.06. The second kappa shape index (κ2) is 13.9. The van der Waals surface area contributed by atoms with Gasteiger partial charge < -0.3 is 28.4 Å². The molecule has 1 saturated heterocycles. The van der Waals surface area contributed by atoms with E-state index < -0.39 is 5.60 Å². The maximum Gasteiger partial charge on any atom is 0.415 e. The molecule has 0 spiro atoms. The van der Waals surface area contributed by atoms with Gasteiger partial charge in [0.05, 0.1) is 60.1 Å². The predicted octanol–water partition coefficient (Wildman–Crippen LogP) is 8.77. The van der Waals surface area contributed by atoms with Gasteiger partial charge in [-0.1, -0.05) is 20.8 Å². The fourth-order valence-electron chi connectivity index (χ4n) is 7.70. The van der Waals surface area contributed by atoms with Gasteiger partial charge in [0.25, 0.3) is 5.56 Å². The van der Waals surface area contributed by atoms with Crippen LogP contribution in [-0.4, -0.2) is 58.0 Å². The molecule has 0 radical (unpaired) electrons. The third-order valence-electron chi connectivity index (χ3n) is 11.2. The van der Waals surface area contributed by atoms with E-state index in [1.165, 1.54) is 0 Å². The van der Waals surface area contributed by atoms with Crippen LogP contribution in [0.15, 0.2) is 29.1 Å². The molecule has 3 aromatic rings. The first kappa shape index (κ1) is 37.5. The highest BCUT2D eigenvalue weighted by Gasteiger charge is 2.39. The lowest BCUT2D eigenvalue weighted by atomic mass is 9.81. The molecule has 2 aromatic heterocycles. The van der Waals surface area contributed by atoms with E-state index in [-0.39, 0.29) is 28.3 Å². The third-order valence-corrected chi connectivity index (χ3v) is 11.2. The van der Waals surface area contributed by atoms with Crippen LogP contribution in [0.5, 0.6) is 5.75 Å². The number of aromatic nitrogens is 2. The number of nitrogens with zero attached hydrogens (tertiary/aromatic N) is 3. The zero-order valence-electron chi connectivity index (χ0n) is 32.7. The Bertz CT molecular complexity index is 1820. The average Bonchev–Trinajstić information content (AvgIpc) is 3.62. The summed E-state index contributed by atoms with van der Waals surface area (Å²) in [7, 11) is 0. The maximum atomic E-state index is 13.6. The van der Waals surface area contributed by atoms with Crippen LogP contribution in [0, 0.1) is 11.3 Å². The van der Waals surface area contributed by atoms with Crippen molar-refractivity contribution >= 4 is 17.0 Å². The number of fused-ring (bicyclic) bond motifs is 5. The molecule has 1 fully saturated rings. The van der Waals surface area contributed by atoms with Gasteiger partial charge in [-0.15, -0.1) is 0 Å². The van der Waals surface area contributed by atoms with E-state index in [2.05, 4.69) is 75.3 Å². The Kier molecular flexibility index (Phi) is 10.2. The number of ether oxygens (including phenoxy) is 4. The van der Waals surface area contributed by atoms with Crippen molar-refractivity contribution in [2.24, 2.45) is 11.3 Å². The number of hydrogen-bond donors (Lipinski definition) is 0. The summed E-state index contributed by atoms with van der Waals surface area (Å²) in [5.41, 5.74) is 5.57. The Morgan fingerprint density at radius 2 is 1.65 bits per heavy atom. The van der Waals surface area contributed by atoms with E-state index in [0.29, 0.717) is 51.1 Å². The van der Waals surface area contributed by atoms with Crippen molar-refractivity contribution in [1.29, 1.82) is 0 Å². The number of likely N-dealkylation sites (tertiary alicyclic amines) is 1. The fraction of sp³-hybridized carbons (Fsp3) is 0.643. The van der Waals surface area contributed by atoms with E-state index >= 15 is 0 Å². The molecule has 1 unspecified atom stereocenters. The minimum Gasteiger partial charge on any atom is -0.410 e. The van der Waals surface area contributed by atoms with E-state index in [1.54, 1.807) is 0 Å². The molecule has 1 aromatic carbocycles. The van der Waals surface area contributed by atoms with Crippen LogP contribution in [0.4, 0.5) is 4.79 Å². The van der Waals surface area contributed by atoms with Crippen LogP contribution in [0.1, 0.15) is 124 Å². The number of rotatable bonds is 10. The summed E-state index contributed by atoms with van der Waals surface area (Å²) in [6.07, 6.45) is 5.24. The van der Waals surface area contributed by atoms with E-state index in [1.807, 2.05) is 27.7 Å². The van der Waals surface area contributed by atoms with E-state index in [4.69, 9.17) is 23.9 Å². The van der Waals surface area contributed by atoms with Gasteiger partial charge in [-0.25, -0.2) is 9.78 Å². The first-order chi connectivity index (χ1) is 23.9. The molecule has 51 heavy (non-hydrogen) atoms. The summed E-state index contributed by atoms with van der Waals surface area (Å²) in [4.78, 5) is 34.0. The van der Waals surface area contributed by atoms with E-state index in [0.717, 1.165) is 83.1 Å². The highest BCUT2D eigenvalue weighted by molar-refractivity contribution is 5.89. The SMILES string of the molecule is CCc1c2c(nc3ccc(OC(=O)N4CCC(CCC(C)(COC(C)(C)C)COC(C)(C)C)CC4)cc13)-c1cc3c(c(=O)n1C2)COC3(C)CC. The largest absolute Gasteiger partial charge is 0.415 e. The zero-order valence-corrected chi connectivity index (χ0v) is 32.7. The number of benzene rings is 1. The Hall–Kier alpha value is -3.27. The average molecular weight is 702 g/mol. The van der Waals surface area contributed by atoms with Gasteiger partial charge in [-0.2, -0.15) is 0 Å². The predicted molar refractivity (Wildman–Crippen MR) is 201 cm³/mol. The number of piperidine rings is 1. The van der Waals surface area contributed by atoms with Crippen LogP contribution in [0.3, 0.4) is 0 Å². The summed E-state index contributed by atoms with van der Waals surface area (Å²) in [5, 5.41) is 0.962. The molecule has 5 heterocycles. The Labute approximate surface area is 304 Å². The van der Waals surface area contributed by atoms with Crippen LogP contribution < -0.4 is 10.3 Å². The van der Waals surface area contributed by atoms with Crippen molar-refractivity contribution in [2.45, 2.75) is 138 Å². The van der Waals surface area contributed by atoms with Crippen LogP contribution in [0.25, 0.3) is 22.3 Å². The third kappa shape index (κ3) is 7.91. The van der Waals surface area contributed by atoms with Crippen molar-refractivity contribution in [3.05, 3.63) is 56.9 Å². The van der Waals surface area contributed by atoms with Crippen LogP contribution in [-0.2, 0) is 39.4 Å². The van der Waals surface area contributed by atoms with Crippen LogP contribution in [0.2, 0.25) is 0 Å². The molecular formula is C42H59N3O6. The molecule has 1 atom stereocenters. The lowest BCUT2D eigenvalue weighted by Crippen LogP contribution is -2.41. The standard InChI is InChI=1S/C42H59N3O6/c1-11-29-30-21-28(13-14-34(30)43-36-31(29)23-45-35(36)22-33-32(37(45)46)24-48-42(33,10)12-2)51-38(47)44-19-16-27(17-20-44)15-18-41(9,25-49-39(3,4)5)26-50-40(6,7)8/h13-14,21-22,27H,11-12,15-20,23-26H2,1-10H3. The smallest absolute Gasteiger partial charge is 0.410 e. The fourth-order valence-corrected chi connectivity index (χ4v) is 7.70. The molecular weight excluding hydrogens is 642 g/mol. The molecule has 0 bridgehead atoms. The number of amides is 1. The number of hydrogen-bond acceptors (Lipinski definition) is 7. The Morgan fingerprint density at radius 3 is 2.25 bits per heavy atom. The zero-order chi connectivity index (χ0) is 36.9. The van der Waals surface area contributed by atoms with Crippen molar-refractivity contribution in [2.75, 3.05) is 26.3 Å². The molecule has 9 heteroatoms. The molecule has 6 rings (SSSR count). The number of pyridine rings is 2. The van der Waals surface area contributed by atoms with E-state index in [9.17, 15) is 9.59 Å². The van der Waals surface area contributed by atoms with Crippen molar-refractivity contribution < 1.29 is 23.7 Å². The monoisotopic (exact) mass is 701 g/mol. The molecule has 0 aliphatic carbocycles. The molecule has 0 saturated carbocycles. The summed E-state index contributed by atoms with van der Waals surface area (Å²) in [6.45, 7) is 24.6. The second-order valence-corrected chi connectivity index (χ2v) is 17.6. The first-order valence-corrected chi connectivity index (χ1v) is 19.0. The number of carbonyl (C=O) groups excluding carboxylic acids is 1. The van der Waals surface area contributed by atoms with Crippen molar-refractivity contribution in [1.82, 2.24) is 14.5 Å². The summed E-state index contributed by atoms with van der Waals surface area (Å²) < 4.78 is 26.4. The lowest BCUT2D eigenvalue weighted by molar-refractivity contribution is -0.105. The molecule has 278 valence electrons. The Morgan fingerprint density at radius 1 is 0.980 bits per heavy atom. The van der Waals surface area contributed by atoms with Crippen molar-refractivity contribution in [3.8, 4) is 17.1 Å². The quantitative estimate of drug-likeness (QED) is 0.163. The number of aryl methyl sites for hydroxylation is 1. The minimum atomic E-state index is -0.463. The van der Waals surface area contributed by atoms with Gasteiger partial charge in [-0.3, -0.25) is 4.79 Å². The molecule has 3 aliphatic rings. The number of carbonyl (C=O) groups is 1. The minimum absolute atomic E-state index is 0.0142. The van der Waals surface area contributed by atoms with Gasteiger partial charge in [-0.05, 0) is 128 Å². The molecule has 1 amide bonds. The molecule has 3 aliphatic heterocycles. The lowest BCUT2D eigenvalue weighted by Gasteiger charge is -2.37. The van der Waals surface area contributed by atoms with Gasteiger partial charge in [0.2, 0.25) is 0 Å². The molecule has 0 N–H and O–H groups in total. The van der Waals surface area contributed by atoms with Gasteiger partial charge in [0.1, 0.15) is 5.75 Å². The second-order valence-electron chi connectivity index (χ2n) is 17.6. The highest BCUT2D eigenvalue weighted by Crippen LogP contribution is 2.43. The van der Waals surface area contributed by atoms with Gasteiger partial charge in [0.15, 0.2) is 0 Å². The topological polar surface area (TPSA) is 92.1 Å². The molecule has 9 nitrogen and oxygen atoms in total. The highest BCUT2D eigenvalue weighted by atomic mass is 16.6. The maximum absolute atomic E-state index is 13.6. The summed E-state index contributed by atoms with van der Waals surface area (Å²) >= 11 is 0. The van der Waals surface area contributed by atoms with Crippen LogP contribution >= 0.6 is 0 Å². The first-order valence-electron chi connectivity index (χ1n) is 19.0.